The quantitative estimate of drug-likeness (QED) is 0.135. The van der Waals surface area contributed by atoms with Crippen LogP contribution in [0.3, 0.4) is 0 Å². The van der Waals surface area contributed by atoms with E-state index in [1.807, 2.05) is 0 Å². The highest BCUT2D eigenvalue weighted by atomic mass is 16.3. The molecule has 5 heterocycles. The van der Waals surface area contributed by atoms with Gasteiger partial charge >= 0.3 is 0 Å². The van der Waals surface area contributed by atoms with Gasteiger partial charge in [-0.3, -0.25) is 0 Å². The summed E-state index contributed by atoms with van der Waals surface area (Å²) < 4.78 is 11.9. The molecule has 0 N–H and O–H groups in total. The van der Waals surface area contributed by atoms with Crippen LogP contribution in [0.15, 0.2) is 314 Å². The fourth-order valence-electron chi connectivity index (χ4n) is 19.3. The molecule has 0 radical (unpaired) electrons. The number of para-hydroxylation sites is 5. The van der Waals surface area contributed by atoms with Gasteiger partial charge in [0.25, 0.3) is 6.71 Å². The number of benzene rings is 15. The monoisotopic (exact) mass is 1560 g/mol. The number of nitrogens with zero attached hydrogens (tertiary/aromatic N) is 4. The van der Waals surface area contributed by atoms with E-state index in [2.05, 4.69) is 453 Å². The van der Waals surface area contributed by atoms with Crippen molar-refractivity contribution in [2.24, 2.45) is 0 Å². The molecule has 120 heavy (non-hydrogen) atoms. The Hall–Kier alpha value is -12.6. The first kappa shape index (κ1) is 76.1. The maximum atomic E-state index is 6.80. The molecule has 0 spiro atoms. The molecular formula is C114H105BN4O. The van der Waals surface area contributed by atoms with E-state index in [-0.39, 0.29) is 39.2 Å². The van der Waals surface area contributed by atoms with Crippen LogP contribution in [0.25, 0.3) is 133 Å². The lowest BCUT2D eigenvalue weighted by Crippen LogP contribution is -2.61. The summed E-state index contributed by atoms with van der Waals surface area (Å²) in [5.41, 5.74) is 36.6. The van der Waals surface area contributed by atoms with Gasteiger partial charge in [0.1, 0.15) is 11.2 Å². The number of anilines is 6. The van der Waals surface area contributed by atoms with Crippen LogP contribution in [0.1, 0.15) is 158 Å². The minimum Gasteiger partial charge on any atom is -0.456 e. The fraction of sp³-hybridized carbons (Fsp3) is 0.211. The zero-order chi connectivity index (χ0) is 83.2. The van der Waals surface area contributed by atoms with Crippen molar-refractivity contribution in [2.75, 3.05) is 9.80 Å². The van der Waals surface area contributed by atoms with Gasteiger partial charge in [0.15, 0.2) is 0 Å². The molecule has 0 bridgehead atoms. The molecule has 0 fully saturated rings. The second-order valence-corrected chi connectivity index (χ2v) is 40.2. The molecule has 6 heteroatoms. The van der Waals surface area contributed by atoms with E-state index in [9.17, 15) is 0 Å². The molecule has 15 aromatic carbocycles. The topological polar surface area (TPSA) is 29.5 Å². The van der Waals surface area contributed by atoms with Crippen molar-refractivity contribution < 1.29 is 4.42 Å². The Morgan fingerprint density at radius 2 is 0.542 bits per heavy atom. The highest BCUT2D eigenvalue weighted by Crippen LogP contribution is 2.57. The average molecular weight is 1560 g/mol. The average Bonchev–Trinajstić information content (AvgIpc) is 0.699. The van der Waals surface area contributed by atoms with E-state index in [1.165, 1.54) is 71.3 Å². The normalized spacial score (nSPS) is 13.4. The first-order valence-corrected chi connectivity index (χ1v) is 43.1. The summed E-state index contributed by atoms with van der Waals surface area (Å²) in [6.07, 6.45) is 0. The van der Waals surface area contributed by atoms with Crippen LogP contribution in [-0.4, -0.2) is 15.8 Å². The lowest BCUT2D eigenvalue weighted by molar-refractivity contribution is 0.589. The molecule has 0 amide bonds. The van der Waals surface area contributed by atoms with E-state index in [1.54, 1.807) is 0 Å². The van der Waals surface area contributed by atoms with Gasteiger partial charge in [0, 0.05) is 88.7 Å². The number of rotatable bonds is 9. The Labute approximate surface area is 708 Å². The molecule has 0 atom stereocenters. The summed E-state index contributed by atoms with van der Waals surface area (Å²) in [6, 6.07) is 120. The summed E-state index contributed by atoms with van der Waals surface area (Å²) >= 11 is 0. The van der Waals surface area contributed by atoms with Gasteiger partial charge in [0.05, 0.1) is 33.4 Å². The first-order valence-electron chi connectivity index (χ1n) is 43.1. The molecule has 0 aliphatic carbocycles. The predicted octanol–water partition coefficient (Wildman–Crippen LogP) is 30.0. The SMILES string of the molecule is CC(C)(C)c1cccc(-c2cc(C(C)(C)C)cc(-c3cccc(C(C)(C)C)c3)c2N2c3cc(-n4c5ccccc5c5ccccc54)ccc3B3c4ccc(-n5c6ccccc6c6ccccc65)cc4N(c4c(-c5cccc(C(C)(C)C)c5)cc(C(C)(C)C)cc4-c4cccc(C(C)(C)C)c4)c4cc(-c5ccc6oc7ccccc7c6c5)cc2c43)c1. The Balaban J connectivity index is 1.02. The molecular weight excluding hydrogens is 1450 g/mol. The maximum absolute atomic E-state index is 6.80. The Morgan fingerprint density at radius 1 is 0.225 bits per heavy atom. The van der Waals surface area contributed by atoms with Crippen molar-refractivity contribution in [1.82, 2.24) is 9.13 Å². The second-order valence-electron chi connectivity index (χ2n) is 40.2. The number of hydrogen-bond acceptors (Lipinski definition) is 3. The lowest BCUT2D eigenvalue weighted by atomic mass is 9.33. The molecule has 590 valence electrons. The van der Waals surface area contributed by atoms with Crippen molar-refractivity contribution in [3.63, 3.8) is 0 Å². The second kappa shape index (κ2) is 27.5. The zero-order valence-corrected chi connectivity index (χ0v) is 72.7. The van der Waals surface area contributed by atoms with E-state index >= 15 is 0 Å². The van der Waals surface area contributed by atoms with Gasteiger partial charge in [-0.2, -0.15) is 0 Å². The van der Waals surface area contributed by atoms with Gasteiger partial charge in [-0.1, -0.05) is 331 Å². The summed E-state index contributed by atoms with van der Waals surface area (Å²) in [4.78, 5) is 5.56. The summed E-state index contributed by atoms with van der Waals surface area (Å²) in [5, 5.41) is 7.02. The maximum Gasteiger partial charge on any atom is 0.252 e. The number of fused-ring (bicyclic) bond motifs is 13. The number of hydrogen-bond donors (Lipinski definition) is 0. The van der Waals surface area contributed by atoms with Gasteiger partial charge in [-0.25, -0.2) is 0 Å². The van der Waals surface area contributed by atoms with Crippen molar-refractivity contribution in [3.05, 3.63) is 343 Å². The lowest BCUT2D eigenvalue weighted by Gasteiger charge is -2.46. The van der Waals surface area contributed by atoms with Crippen LogP contribution in [0.5, 0.6) is 0 Å². The fourth-order valence-corrected chi connectivity index (χ4v) is 19.3. The largest absolute Gasteiger partial charge is 0.456 e. The van der Waals surface area contributed by atoms with Gasteiger partial charge in [-0.15, -0.1) is 0 Å². The zero-order valence-electron chi connectivity index (χ0n) is 72.7. The van der Waals surface area contributed by atoms with Crippen LogP contribution in [-0.2, 0) is 32.5 Å². The van der Waals surface area contributed by atoms with Crippen LogP contribution in [0.4, 0.5) is 34.1 Å². The van der Waals surface area contributed by atoms with Crippen molar-refractivity contribution in [1.29, 1.82) is 0 Å². The molecule has 20 rings (SSSR count). The van der Waals surface area contributed by atoms with Gasteiger partial charge in [0.2, 0.25) is 0 Å². The van der Waals surface area contributed by atoms with Crippen LogP contribution in [0.2, 0.25) is 0 Å². The Kier molecular flexibility index (Phi) is 17.4. The number of aromatic nitrogens is 2. The highest BCUT2D eigenvalue weighted by Gasteiger charge is 2.47. The molecule has 3 aromatic heterocycles. The third-order valence-electron chi connectivity index (χ3n) is 26.0. The predicted molar refractivity (Wildman–Crippen MR) is 516 cm³/mol. The minimum absolute atomic E-state index is 0.165. The molecule has 0 unspecified atom stereocenters. The molecule has 2 aliphatic heterocycles. The summed E-state index contributed by atoms with van der Waals surface area (Å²) in [7, 11) is 0. The molecule has 0 saturated carbocycles. The van der Waals surface area contributed by atoms with Gasteiger partial charge in [-0.05, 0) is 219 Å². The first-order chi connectivity index (χ1) is 57.3. The standard InChI is InChI=1S/C114H105BN4O/c1-109(2,3)76-37-29-33-71(57-76)89-64-80(113(13,14)15)65-90(72-34-30-38-77(58-72)110(4,5)6)107(89)118-100-68-82(116-96-46-24-19-41-84(96)85-42-20-25-47-97(85)116)52-54-94(100)115-95-55-53-83(117-98-48-26-21-43-86(98)87-44-22-27-49-99(87)117)69-101(95)119(103-63-75(62-102(118)106(103)115)70-51-56-105-93(61-70)88-45-23-28-50-104(88)120-105)108-91(73-35-31-39-78(59-73)111(7,8)9)66-81(114(16,17)18)67-92(108)74-36-32-40-79(60-74)112(10,11)12/h19-69H,1-18H3. The van der Waals surface area contributed by atoms with Crippen molar-refractivity contribution >= 4 is 123 Å². The van der Waals surface area contributed by atoms with Gasteiger partial charge < -0.3 is 23.4 Å². The number of furan rings is 1. The van der Waals surface area contributed by atoms with E-state index in [4.69, 9.17) is 4.42 Å². The van der Waals surface area contributed by atoms with Crippen LogP contribution >= 0.6 is 0 Å². The molecule has 18 aromatic rings. The van der Waals surface area contributed by atoms with Crippen molar-refractivity contribution in [3.8, 4) is 67.0 Å². The molecule has 0 saturated heterocycles. The Morgan fingerprint density at radius 3 is 0.883 bits per heavy atom. The third-order valence-corrected chi connectivity index (χ3v) is 26.0. The van der Waals surface area contributed by atoms with E-state index in [0.717, 1.165) is 145 Å². The van der Waals surface area contributed by atoms with E-state index in [0.29, 0.717) is 0 Å². The molecule has 2 aliphatic rings. The van der Waals surface area contributed by atoms with Crippen molar-refractivity contribution in [2.45, 2.75) is 157 Å². The van der Waals surface area contributed by atoms with Crippen LogP contribution in [0, 0.1) is 0 Å². The molecule has 5 nitrogen and oxygen atoms in total. The van der Waals surface area contributed by atoms with Crippen LogP contribution < -0.4 is 26.2 Å². The smallest absolute Gasteiger partial charge is 0.252 e. The minimum atomic E-state index is -0.329. The van der Waals surface area contributed by atoms with E-state index < -0.39 is 0 Å². The highest BCUT2D eigenvalue weighted by molar-refractivity contribution is 7.00. The summed E-state index contributed by atoms with van der Waals surface area (Å²) in [6.45, 7) is 42.2. The Bertz CT molecular complexity index is 6620. The summed E-state index contributed by atoms with van der Waals surface area (Å²) in [5.74, 6) is 0. The third kappa shape index (κ3) is 12.6.